The summed E-state index contributed by atoms with van der Waals surface area (Å²) >= 11 is 13.4. The van der Waals surface area contributed by atoms with Crippen molar-refractivity contribution in [2.75, 3.05) is 32.1 Å². The monoisotopic (exact) mass is 293 g/mol. The number of halogens is 2. The molecule has 17 heavy (non-hydrogen) atoms. The summed E-state index contributed by atoms with van der Waals surface area (Å²) in [5.41, 5.74) is 0. The third-order valence-corrected chi connectivity index (χ3v) is 5.26. The average molecular weight is 294 g/mol. The third kappa shape index (κ3) is 3.05. The van der Waals surface area contributed by atoms with E-state index in [1.54, 1.807) is 11.3 Å². The molecule has 0 aromatic carbocycles. The van der Waals surface area contributed by atoms with Crippen LogP contribution in [0.2, 0.25) is 5.15 Å². The molecule has 0 amide bonds. The maximum Gasteiger partial charge on any atom is 0.186 e. The minimum Gasteiger partial charge on any atom is -0.350 e. The second-order valence-electron chi connectivity index (χ2n) is 4.50. The molecule has 6 heteroatoms. The molecule has 1 aromatic rings. The van der Waals surface area contributed by atoms with Crippen molar-refractivity contribution >= 4 is 39.7 Å². The van der Waals surface area contributed by atoms with Gasteiger partial charge in [0.15, 0.2) is 5.13 Å². The lowest BCUT2D eigenvalue weighted by atomic mass is 10.2. The molecule has 1 fully saturated rings. The molecule has 1 aromatic heterocycles. The van der Waals surface area contributed by atoms with Gasteiger partial charge in [-0.15, -0.1) is 11.6 Å². The van der Waals surface area contributed by atoms with Crippen LogP contribution in [0.3, 0.4) is 0 Å². The molecule has 0 aliphatic carbocycles. The number of hydrogen-bond donors (Lipinski definition) is 0. The van der Waals surface area contributed by atoms with Gasteiger partial charge in [-0.25, -0.2) is 4.98 Å². The quantitative estimate of drug-likeness (QED) is 0.796. The zero-order valence-electron chi connectivity index (χ0n) is 10.1. The first-order valence-corrected chi connectivity index (χ1v) is 7.47. The number of hydrogen-bond acceptors (Lipinski definition) is 4. The summed E-state index contributed by atoms with van der Waals surface area (Å²) in [7, 11) is 4.25. The molecule has 0 saturated carbocycles. The normalized spacial score (nSPS) is 21.1. The predicted molar refractivity (Wildman–Crippen MR) is 75.6 cm³/mol. The van der Waals surface area contributed by atoms with Gasteiger partial charge in [0.2, 0.25) is 0 Å². The summed E-state index contributed by atoms with van der Waals surface area (Å²) < 4.78 is 0. The van der Waals surface area contributed by atoms with Gasteiger partial charge in [-0.2, -0.15) is 0 Å². The Bertz CT molecular complexity index is 383. The number of likely N-dealkylation sites (tertiary alicyclic amines) is 1. The second kappa shape index (κ2) is 5.74. The van der Waals surface area contributed by atoms with E-state index in [1.807, 2.05) is 0 Å². The van der Waals surface area contributed by atoms with Gasteiger partial charge in [-0.3, -0.25) is 0 Å². The number of aromatic nitrogens is 1. The Balaban J connectivity index is 2.01. The minimum atomic E-state index is 0.438. The summed E-state index contributed by atoms with van der Waals surface area (Å²) in [5.74, 6) is 0.438. The number of alkyl halides is 1. The molecule has 3 nitrogen and oxygen atoms in total. The third-order valence-electron chi connectivity index (χ3n) is 3.24. The van der Waals surface area contributed by atoms with E-state index in [9.17, 15) is 0 Å². The Kier molecular flexibility index (Phi) is 4.53. The van der Waals surface area contributed by atoms with Crippen LogP contribution in [0.25, 0.3) is 0 Å². The Morgan fingerprint density at radius 1 is 1.59 bits per heavy atom. The number of likely N-dealkylation sites (N-methyl/N-ethyl adjacent to an activating group) is 2. The fourth-order valence-corrected chi connectivity index (χ4v) is 3.61. The molecule has 0 N–H and O–H groups in total. The lowest BCUT2D eigenvalue weighted by Crippen LogP contribution is -2.36. The standard InChI is InChI=1S/C11H17Cl2N3S/c1-15-5-3-4-8(15)7-16(2)11-14-10(13)9(6-12)17-11/h8H,3-7H2,1-2H3. The van der Waals surface area contributed by atoms with E-state index in [1.165, 1.54) is 19.4 Å². The van der Waals surface area contributed by atoms with E-state index in [-0.39, 0.29) is 0 Å². The Labute approximate surface area is 116 Å². The molecular formula is C11H17Cl2N3S. The second-order valence-corrected chi connectivity index (χ2v) is 6.19. The van der Waals surface area contributed by atoms with Crippen LogP contribution in [-0.2, 0) is 5.88 Å². The van der Waals surface area contributed by atoms with Gasteiger partial charge in [-0.05, 0) is 26.4 Å². The van der Waals surface area contributed by atoms with Gasteiger partial charge >= 0.3 is 0 Å². The van der Waals surface area contributed by atoms with E-state index < -0.39 is 0 Å². The molecular weight excluding hydrogens is 277 g/mol. The topological polar surface area (TPSA) is 19.4 Å². The van der Waals surface area contributed by atoms with Crippen molar-refractivity contribution < 1.29 is 0 Å². The molecule has 0 radical (unpaired) electrons. The van der Waals surface area contributed by atoms with Gasteiger partial charge in [-0.1, -0.05) is 22.9 Å². The lowest BCUT2D eigenvalue weighted by molar-refractivity contribution is 0.314. The first-order chi connectivity index (χ1) is 8.11. The molecule has 1 unspecified atom stereocenters. The highest BCUT2D eigenvalue weighted by Gasteiger charge is 2.23. The number of rotatable bonds is 4. The van der Waals surface area contributed by atoms with Crippen LogP contribution in [0.15, 0.2) is 0 Å². The highest BCUT2D eigenvalue weighted by atomic mass is 35.5. The highest BCUT2D eigenvalue weighted by molar-refractivity contribution is 7.16. The van der Waals surface area contributed by atoms with Crippen LogP contribution in [0, 0.1) is 0 Å². The SMILES string of the molecule is CN(CC1CCCN1C)c1nc(Cl)c(CCl)s1. The minimum absolute atomic E-state index is 0.438. The fraction of sp³-hybridized carbons (Fsp3) is 0.727. The molecule has 0 spiro atoms. The first-order valence-electron chi connectivity index (χ1n) is 5.74. The average Bonchev–Trinajstić information content (AvgIpc) is 2.86. The molecule has 1 atom stereocenters. The van der Waals surface area contributed by atoms with Crippen molar-refractivity contribution in [3.05, 3.63) is 10.0 Å². The molecule has 2 rings (SSSR count). The van der Waals surface area contributed by atoms with Crippen molar-refractivity contribution in [2.45, 2.75) is 24.8 Å². The lowest BCUT2D eigenvalue weighted by Gasteiger charge is -2.25. The van der Waals surface area contributed by atoms with E-state index in [2.05, 4.69) is 28.9 Å². The molecule has 2 heterocycles. The van der Waals surface area contributed by atoms with E-state index in [0.717, 1.165) is 16.6 Å². The van der Waals surface area contributed by atoms with Crippen molar-refractivity contribution in [3.8, 4) is 0 Å². The summed E-state index contributed by atoms with van der Waals surface area (Å²) in [6.07, 6.45) is 2.56. The predicted octanol–water partition coefficient (Wildman–Crippen LogP) is 3.07. The largest absolute Gasteiger partial charge is 0.350 e. The maximum atomic E-state index is 6.01. The van der Waals surface area contributed by atoms with Crippen molar-refractivity contribution in [2.24, 2.45) is 0 Å². The van der Waals surface area contributed by atoms with Gasteiger partial charge in [0, 0.05) is 19.6 Å². The smallest absolute Gasteiger partial charge is 0.186 e. The Morgan fingerprint density at radius 3 is 2.88 bits per heavy atom. The van der Waals surface area contributed by atoms with Crippen molar-refractivity contribution in [3.63, 3.8) is 0 Å². The zero-order valence-corrected chi connectivity index (χ0v) is 12.4. The van der Waals surface area contributed by atoms with Crippen LogP contribution in [0.4, 0.5) is 5.13 Å². The van der Waals surface area contributed by atoms with Gasteiger partial charge in [0.25, 0.3) is 0 Å². The number of nitrogens with zero attached hydrogens (tertiary/aromatic N) is 3. The van der Waals surface area contributed by atoms with E-state index in [0.29, 0.717) is 17.1 Å². The van der Waals surface area contributed by atoms with E-state index >= 15 is 0 Å². The molecule has 1 aliphatic rings. The Hall–Kier alpha value is -0.0300. The van der Waals surface area contributed by atoms with Crippen LogP contribution >= 0.6 is 34.5 Å². The zero-order chi connectivity index (χ0) is 12.4. The van der Waals surface area contributed by atoms with Crippen LogP contribution in [-0.4, -0.2) is 43.1 Å². The molecule has 0 bridgehead atoms. The van der Waals surface area contributed by atoms with Crippen LogP contribution in [0.5, 0.6) is 0 Å². The first kappa shape index (κ1) is 13.4. The van der Waals surface area contributed by atoms with Gasteiger partial charge in [0.05, 0.1) is 10.8 Å². The van der Waals surface area contributed by atoms with Gasteiger partial charge < -0.3 is 9.80 Å². The molecule has 1 aliphatic heterocycles. The summed E-state index contributed by atoms with van der Waals surface area (Å²) in [6, 6.07) is 0.627. The van der Waals surface area contributed by atoms with Crippen LogP contribution < -0.4 is 4.90 Å². The highest BCUT2D eigenvalue weighted by Crippen LogP contribution is 2.31. The fourth-order valence-electron chi connectivity index (χ4n) is 2.17. The summed E-state index contributed by atoms with van der Waals surface area (Å²) in [4.78, 5) is 9.90. The van der Waals surface area contributed by atoms with Crippen molar-refractivity contribution in [1.29, 1.82) is 0 Å². The molecule has 1 saturated heterocycles. The summed E-state index contributed by atoms with van der Waals surface area (Å²) in [6.45, 7) is 2.20. The van der Waals surface area contributed by atoms with Gasteiger partial charge in [0.1, 0.15) is 5.15 Å². The van der Waals surface area contributed by atoms with Crippen molar-refractivity contribution in [1.82, 2.24) is 9.88 Å². The molecule has 96 valence electrons. The number of anilines is 1. The number of thiazole rings is 1. The van der Waals surface area contributed by atoms with Crippen LogP contribution in [0.1, 0.15) is 17.7 Å². The van der Waals surface area contributed by atoms with E-state index in [4.69, 9.17) is 23.2 Å². The maximum absolute atomic E-state index is 6.01. The summed E-state index contributed by atoms with van der Waals surface area (Å²) in [5, 5.41) is 1.51. The Morgan fingerprint density at radius 2 is 2.35 bits per heavy atom.